The molecule has 0 fully saturated rings. The minimum atomic E-state index is -1.14. The molecule has 0 saturated heterocycles. The maximum atomic E-state index is 10.2. The van der Waals surface area contributed by atoms with Crippen LogP contribution in [0.15, 0.2) is 0 Å². The summed E-state index contributed by atoms with van der Waals surface area (Å²) in [6.07, 6.45) is 2.30. The Morgan fingerprint density at radius 2 is 2.18 bits per heavy atom. The van der Waals surface area contributed by atoms with Crippen LogP contribution in [-0.4, -0.2) is 17.7 Å². The summed E-state index contributed by atoms with van der Waals surface area (Å²) >= 11 is 0. The van der Waals surface area contributed by atoms with Gasteiger partial charge in [-0.05, 0) is 6.42 Å². The SMILES string of the molecule is CCCC[C@H](CO)C(=O)[O-].[Na+]. The van der Waals surface area contributed by atoms with Gasteiger partial charge in [0.05, 0.1) is 6.61 Å². The van der Waals surface area contributed by atoms with E-state index in [1.54, 1.807) is 0 Å². The minimum Gasteiger partial charge on any atom is -0.550 e. The van der Waals surface area contributed by atoms with Crippen LogP contribution in [0.3, 0.4) is 0 Å². The van der Waals surface area contributed by atoms with Gasteiger partial charge in [-0.2, -0.15) is 0 Å². The number of rotatable bonds is 5. The summed E-state index contributed by atoms with van der Waals surface area (Å²) in [4.78, 5) is 10.2. The van der Waals surface area contributed by atoms with Gasteiger partial charge in [0.1, 0.15) is 0 Å². The Kier molecular flexibility index (Phi) is 10.8. The van der Waals surface area contributed by atoms with Crippen LogP contribution in [-0.2, 0) is 4.79 Å². The van der Waals surface area contributed by atoms with Crippen molar-refractivity contribution < 1.29 is 44.6 Å². The molecule has 0 aliphatic heterocycles. The first-order chi connectivity index (χ1) is 4.72. The molecule has 0 aromatic heterocycles. The van der Waals surface area contributed by atoms with Gasteiger partial charge in [-0.25, -0.2) is 0 Å². The van der Waals surface area contributed by atoms with E-state index in [1.165, 1.54) is 0 Å². The standard InChI is InChI=1S/C7H14O3.Na/c1-2-3-4-6(5-8)7(9)10;/h6,8H,2-5H2,1H3,(H,9,10);/q;+1/p-1/t6-;/m1./s1. The van der Waals surface area contributed by atoms with Gasteiger partial charge < -0.3 is 15.0 Å². The van der Waals surface area contributed by atoms with Gasteiger partial charge in [0, 0.05) is 11.9 Å². The van der Waals surface area contributed by atoms with Crippen LogP contribution >= 0.6 is 0 Å². The molecule has 1 atom stereocenters. The van der Waals surface area contributed by atoms with Crippen LogP contribution in [0.5, 0.6) is 0 Å². The van der Waals surface area contributed by atoms with Crippen molar-refractivity contribution in [3.8, 4) is 0 Å². The molecule has 0 heterocycles. The number of carbonyl (C=O) groups is 1. The first-order valence-electron chi connectivity index (χ1n) is 3.54. The van der Waals surface area contributed by atoms with E-state index in [2.05, 4.69) is 0 Å². The number of hydrogen-bond acceptors (Lipinski definition) is 3. The maximum absolute atomic E-state index is 10.2. The summed E-state index contributed by atoms with van der Waals surface area (Å²) < 4.78 is 0. The summed E-state index contributed by atoms with van der Waals surface area (Å²) in [5.74, 6) is -1.81. The van der Waals surface area contributed by atoms with Gasteiger partial charge in [0.2, 0.25) is 0 Å². The molecule has 60 valence electrons. The zero-order chi connectivity index (χ0) is 7.98. The number of aliphatic carboxylic acids is 1. The summed E-state index contributed by atoms with van der Waals surface area (Å²) in [5.41, 5.74) is 0. The largest absolute Gasteiger partial charge is 1.00 e. The number of hydrogen-bond donors (Lipinski definition) is 1. The van der Waals surface area contributed by atoms with Crippen LogP contribution in [0, 0.1) is 5.92 Å². The smallest absolute Gasteiger partial charge is 0.550 e. The Balaban J connectivity index is 0. The van der Waals surface area contributed by atoms with Crippen LogP contribution in [0.2, 0.25) is 0 Å². The molecule has 0 bridgehead atoms. The van der Waals surface area contributed by atoms with Crippen molar-refractivity contribution in [2.24, 2.45) is 5.92 Å². The molecule has 0 saturated carbocycles. The number of unbranched alkanes of at least 4 members (excludes halogenated alkanes) is 1. The normalized spacial score (nSPS) is 11.8. The van der Waals surface area contributed by atoms with Crippen molar-refractivity contribution in [3.05, 3.63) is 0 Å². The zero-order valence-electron chi connectivity index (χ0n) is 7.17. The maximum Gasteiger partial charge on any atom is 1.00 e. The summed E-state index contributed by atoms with van der Waals surface area (Å²) in [7, 11) is 0. The number of aliphatic hydroxyl groups excluding tert-OH is 1. The number of aliphatic hydroxyl groups is 1. The zero-order valence-corrected chi connectivity index (χ0v) is 9.17. The molecule has 0 unspecified atom stereocenters. The van der Waals surface area contributed by atoms with Crippen LogP contribution in [0.25, 0.3) is 0 Å². The molecule has 0 rings (SSSR count). The summed E-state index contributed by atoms with van der Waals surface area (Å²) in [6.45, 7) is 1.67. The second-order valence-electron chi connectivity index (χ2n) is 2.34. The van der Waals surface area contributed by atoms with Gasteiger partial charge >= 0.3 is 29.6 Å². The van der Waals surface area contributed by atoms with Gasteiger partial charge in [-0.15, -0.1) is 0 Å². The molecule has 0 aliphatic carbocycles. The van der Waals surface area contributed by atoms with E-state index >= 15 is 0 Å². The van der Waals surface area contributed by atoms with Gasteiger partial charge in [0.25, 0.3) is 0 Å². The molecular formula is C7H13NaO3. The topological polar surface area (TPSA) is 60.4 Å². The Hall–Kier alpha value is 0.430. The van der Waals surface area contributed by atoms with Crippen LogP contribution in [0.1, 0.15) is 26.2 Å². The van der Waals surface area contributed by atoms with Gasteiger partial charge in [0.15, 0.2) is 0 Å². The third kappa shape index (κ3) is 6.81. The predicted molar refractivity (Wildman–Crippen MR) is 35.1 cm³/mol. The first kappa shape index (κ1) is 14.0. The van der Waals surface area contributed by atoms with E-state index in [0.29, 0.717) is 6.42 Å². The quantitative estimate of drug-likeness (QED) is 0.434. The van der Waals surface area contributed by atoms with E-state index in [-0.39, 0.29) is 36.2 Å². The van der Waals surface area contributed by atoms with Crippen molar-refractivity contribution in [1.29, 1.82) is 0 Å². The molecule has 1 N–H and O–H groups in total. The van der Waals surface area contributed by atoms with E-state index in [9.17, 15) is 9.90 Å². The Bertz CT molecular complexity index is 106. The molecule has 0 amide bonds. The number of carboxylic acid groups (broad SMARTS) is 1. The molecular weight excluding hydrogens is 155 g/mol. The second kappa shape index (κ2) is 8.53. The fourth-order valence-corrected chi connectivity index (χ4v) is 0.734. The monoisotopic (exact) mass is 168 g/mol. The average Bonchev–Trinajstić information content (AvgIpc) is 1.89. The third-order valence-corrected chi connectivity index (χ3v) is 1.46. The van der Waals surface area contributed by atoms with E-state index in [4.69, 9.17) is 5.11 Å². The third-order valence-electron chi connectivity index (χ3n) is 1.46. The van der Waals surface area contributed by atoms with Crippen molar-refractivity contribution in [3.63, 3.8) is 0 Å². The van der Waals surface area contributed by atoms with E-state index in [0.717, 1.165) is 12.8 Å². The molecule has 11 heavy (non-hydrogen) atoms. The second-order valence-corrected chi connectivity index (χ2v) is 2.34. The summed E-state index contributed by atoms with van der Waals surface area (Å²) in [5, 5.41) is 18.7. The minimum absolute atomic E-state index is 0. The summed E-state index contributed by atoms with van der Waals surface area (Å²) in [6, 6.07) is 0. The van der Waals surface area contributed by atoms with Crippen molar-refractivity contribution in [2.45, 2.75) is 26.2 Å². The molecule has 0 spiro atoms. The number of carbonyl (C=O) groups excluding carboxylic acids is 1. The van der Waals surface area contributed by atoms with Crippen LogP contribution < -0.4 is 34.7 Å². The number of carboxylic acids is 1. The van der Waals surface area contributed by atoms with Gasteiger partial charge in [-0.1, -0.05) is 19.8 Å². The van der Waals surface area contributed by atoms with Crippen molar-refractivity contribution >= 4 is 5.97 Å². The Morgan fingerprint density at radius 3 is 2.45 bits per heavy atom. The molecule has 0 aromatic carbocycles. The van der Waals surface area contributed by atoms with Crippen LogP contribution in [0.4, 0.5) is 0 Å². The molecule has 4 heteroatoms. The van der Waals surface area contributed by atoms with E-state index < -0.39 is 11.9 Å². The first-order valence-corrected chi connectivity index (χ1v) is 3.54. The Morgan fingerprint density at radius 1 is 1.64 bits per heavy atom. The van der Waals surface area contributed by atoms with Crippen molar-refractivity contribution in [2.75, 3.05) is 6.61 Å². The molecule has 0 aromatic rings. The van der Waals surface area contributed by atoms with Gasteiger partial charge in [-0.3, -0.25) is 0 Å². The van der Waals surface area contributed by atoms with E-state index in [1.807, 2.05) is 6.92 Å². The average molecular weight is 168 g/mol. The Labute approximate surface area is 89.1 Å². The fraction of sp³-hybridized carbons (Fsp3) is 0.857. The molecule has 0 radical (unpaired) electrons. The predicted octanol–water partition coefficient (Wildman–Crippen LogP) is -3.46. The molecule has 3 nitrogen and oxygen atoms in total. The molecule has 0 aliphatic rings. The van der Waals surface area contributed by atoms with Crippen molar-refractivity contribution in [1.82, 2.24) is 0 Å². The fourth-order valence-electron chi connectivity index (χ4n) is 0.734.